The van der Waals surface area contributed by atoms with Crippen LogP contribution < -0.4 is 4.74 Å². The van der Waals surface area contributed by atoms with E-state index in [1.807, 2.05) is 18.2 Å². The van der Waals surface area contributed by atoms with Crippen LogP contribution in [0.15, 0.2) is 48.5 Å². The molecule has 0 amide bonds. The fraction of sp³-hybridized carbons (Fsp3) is 0.133. The lowest BCUT2D eigenvalue weighted by molar-refractivity contribution is 0.0677. The molecule has 0 aliphatic rings. The van der Waals surface area contributed by atoms with Crippen LogP contribution >= 0.6 is 22.6 Å². The van der Waals surface area contributed by atoms with Crippen LogP contribution in [0.3, 0.4) is 0 Å². The Hall–Kier alpha value is -1.70. The maximum Gasteiger partial charge on any atom is 0.320 e. The first-order chi connectivity index (χ1) is 10.1. The van der Waals surface area contributed by atoms with Gasteiger partial charge in [0.1, 0.15) is 12.4 Å². The molecule has 0 aliphatic heterocycles. The van der Waals surface area contributed by atoms with Crippen molar-refractivity contribution >= 4 is 33.6 Å². The Morgan fingerprint density at radius 1 is 1.14 bits per heavy atom. The quantitative estimate of drug-likeness (QED) is 0.598. The smallest absolute Gasteiger partial charge is 0.320 e. The maximum absolute atomic E-state index is 13.2. The second-order valence-corrected chi connectivity index (χ2v) is 5.66. The lowest BCUT2D eigenvalue weighted by Crippen LogP contribution is -2.07. The highest BCUT2D eigenvalue weighted by atomic mass is 127. The molecule has 21 heavy (non-hydrogen) atoms. The molecule has 3 aromatic rings. The van der Waals surface area contributed by atoms with Gasteiger partial charge in [-0.25, -0.2) is 4.98 Å². The van der Waals surface area contributed by atoms with Gasteiger partial charge in [-0.3, -0.25) is 4.57 Å². The van der Waals surface area contributed by atoms with Crippen LogP contribution in [0.1, 0.15) is 12.4 Å². The molecule has 0 fully saturated rings. The van der Waals surface area contributed by atoms with Crippen LogP contribution in [0.25, 0.3) is 11.0 Å². The third-order valence-corrected chi connectivity index (χ3v) is 3.70. The number of fused-ring (bicyclic) bond motifs is 1. The van der Waals surface area contributed by atoms with Gasteiger partial charge in [-0.05, 0) is 52.9 Å². The van der Waals surface area contributed by atoms with Crippen molar-refractivity contribution in [1.29, 1.82) is 0 Å². The monoisotopic (exact) mass is 400 g/mol. The Kier molecular flexibility index (Phi) is 4.05. The number of rotatable bonds is 4. The van der Waals surface area contributed by atoms with Gasteiger partial charge in [0.15, 0.2) is 5.82 Å². The summed E-state index contributed by atoms with van der Waals surface area (Å²) in [5.41, 5.74) is 0.952. The summed E-state index contributed by atoms with van der Waals surface area (Å²) in [6.45, 7) is -2.65. The van der Waals surface area contributed by atoms with Gasteiger partial charge >= 0.3 is 6.55 Å². The van der Waals surface area contributed by atoms with Crippen molar-refractivity contribution in [2.45, 2.75) is 13.2 Å². The highest BCUT2D eigenvalue weighted by Gasteiger charge is 2.17. The van der Waals surface area contributed by atoms with E-state index in [0.29, 0.717) is 16.8 Å². The van der Waals surface area contributed by atoms with Gasteiger partial charge in [0, 0.05) is 3.57 Å². The molecule has 3 rings (SSSR count). The van der Waals surface area contributed by atoms with Gasteiger partial charge in [-0.2, -0.15) is 8.78 Å². The van der Waals surface area contributed by atoms with E-state index >= 15 is 0 Å². The Balaban J connectivity index is 1.91. The van der Waals surface area contributed by atoms with Gasteiger partial charge < -0.3 is 4.74 Å². The first-order valence-electron chi connectivity index (χ1n) is 6.27. The van der Waals surface area contributed by atoms with E-state index in [-0.39, 0.29) is 12.4 Å². The topological polar surface area (TPSA) is 27.1 Å². The Morgan fingerprint density at radius 2 is 1.95 bits per heavy atom. The standard InChI is InChI=1S/C15H11F2IN2O/c16-15(17)20-13-7-2-1-6-12(13)19-14(20)9-21-11-5-3-4-10(18)8-11/h1-8,15H,9H2. The van der Waals surface area contributed by atoms with E-state index in [9.17, 15) is 8.78 Å². The van der Waals surface area contributed by atoms with Crippen molar-refractivity contribution in [3.05, 3.63) is 57.9 Å². The second-order valence-electron chi connectivity index (χ2n) is 4.41. The minimum absolute atomic E-state index is 0.000880. The number of imidazole rings is 1. The predicted molar refractivity (Wildman–Crippen MR) is 84.5 cm³/mol. The summed E-state index contributed by atoms with van der Waals surface area (Å²) in [4.78, 5) is 4.23. The molecule has 0 aliphatic carbocycles. The molecule has 2 aromatic carbocycles. The molecule has 1 heterocycles. The van der Waals surface area contributed by atoms with Gasteiger partial charge in [0.05, 0.1) is 11.0 Å². The molecule has 3 nitrogen and oxygen atoms in total. The van der Waals surface area contributed by atoms with Crippen LogP contribution in [0, 0.1) is 3.57 Å². The van der Waals surface area contributed by atoms with Crippen molar-refractivity contribution in [2.24, 2.45) is 0 Å². The van der Waals surface area contributed by atoms with Gasteiger partial charge in [-0.1, -0.05) is 18.2 Å². The summed E-state index contributed by atoms with van der Waals surface area (Å²) < 4.78 is 34.0. The number of para-hydroxylation sites is 2. The SMILES string of the molecule is FC(F)n1c(COc2cccc(I)c2)nc2ccccc21. The Morgan fingerprint density at radius 3 is 2.71 bits per heavy atom. The average Bonchev–Trinajstić information content (AvgIpc) is 2.83. The average molecular weight is 400 g/mol. The number of benzene rings is 2. The number of ether oxygens (including phenoxy) is 1. The summed E-state index contributed by atoms with van der Waals surface area (Å²) in [6.07, 6.45) is 0. The summed E-state index contributed by atoms with van der Waals surface area (Å²) in [7, 11) is 0. The number of hydrogen-bond donors (Lipinski definition) is 0. The molecule has 0 saturated heterocycles. The molecule has 108 valence electrons. The van der Waals surface area contributed by atoms with Crippen LogP contribution in [-0.2, 0) is 6.61 Å². The minimum Gasteiger partial charge on any atom is -0.486 e. The van der Waals surface area contributed by atoms with E-state index in [2.05, 4.69) is 27.6 Å². The molecule has 0 saturated carbocycles. The highest BCUT2D eigenvalue weighted by Crippen LogP contribution is 2.24. The number of hydrogen-bond acceptors (Lipinski definition) is 2. The van der Waals surface area contributed by atoms with E-state index in [1.165, 1.54) is 0 Å². The van der Waals surface area contributed by atoms with Crippen molar-refractivity contribution in [3.8, 4) is 5.75 Å². The number of aromatic nitrogens is 2. The summed E-state index contributed by atoms with van der Waals surface area (Å²) in [6, 6.07) is 14.2. The third-order valence-electron chi connectivity index (χ3n) is 3.03. The molecule has 1 aromatic heterocycles. The van der Waals surface area contributed by atoms with E-state index < -0.39 is 6.55 Å². The Labute approximate surface area is 133 Å². The minimum atomic E-state index is -2.65. The summed E-state index contributed by atoms with van der Waals surface area (Å²) >= 11 is 2.17. The molecule has 0 bridgehead atoms. The lowest BCUT2D eigenvalue weighted by atomic mass is 10.3. The van der Waals surface area contributed by atoms with Gasteiger partial charge in [0.25, 0.3) is 0 Å². The maximum atomic E-state index is 13.2. The Bertz CT molecular complexity index is 773. The van der Waals surface area contributed by atoms with E-state index in [1.54, 1.807) is 30.3 Å². The molecule has 0 N–H and O–H groups in total. The summed E-state index contributed by atoms with van der Waals surface area (Å²) in [5, 5.41) is 0. The number of halogens is 3. The third kappa shape index (κ3) is 2.99. The first kappa shape index (κ1) is 14.2. The number of nitrogens with zero attached hydrogens (tertiary/aromatic N) is 2. The van der Waals surface area contributed by atoms with Crippen LogP contribution in [0.2, 0.25) is 0 Å². The first-order valence-corrected chi connectivity index (χ1v) is 7.35. The zero-order chi connectivity index (χ0) is 14.8. The predicted octanol–water partition coefficient (Wildman–Crippen LogP) is 4.62. The normalized spacial score (nSPS) is 11.2. The molecule has 0 unspecified atom stereocenters. The highest BCUT2D eigenvalue weighted by molar-refractivity contribution is 14.1. The van der Waals surface area contributed by atoms with Gasteiger partial charge in [0.2, 0.25) is 0 Å². The second kappa shape index (κ2) is 5.97. The molecule has 6 heteroatoms. The van der Waals surface area contributed by atoms with Gasteiger partial charge in [-0.15, -0.1) is 0 Å². The van der Waals surface area contributed by atoms with Crippen molar-refractivity contribution in [2.75, 3.05) is 0 Å². The van der Waals surface area contributed by atoms with Crippen molar-refractivity contribution < 1.29 is 13.5 Å². The summed E-state index contributed by atoms with van der Waals surface area (Å²) in [5.74, 6) is 0.847. The zero-order valence-electron chi connectivity index (χ0n) is 10.8. The number of alkyl halides is 2. The fourth-order valence-electron chi connectivity index (χ4n) is 2.12. The largest absolute Gasteiger partial charge is 0.486 e. The van der Waals surface area contributed by atoms with Crippen LogP contribution in [0.4, 0.5) is 8.78 Å². The van der Waals surface area contributed by atoms with Crippen molar-refractivity contribution in [1.82, 2.24) is 9.55 Å². The lowest BCUT2D eigenvalue weighted by Gasteiger charge is -2.09. The van der Waals surface area contributed by atoms with E-state index in [4.69, 9.17) is 4.74 Å². The van der Waals surface area contributed by atoms with Crippen LogP contribution in [0.5, 0.6) is 5.75 Å². The van der Waals surface area contributed by atoms with E-state index in [0.717, 1.165) is 8.14 Å². The molecule has 0 atom stereocenters. The zero-order valence-corrected chi connectivity index (χ0v) is 13.0. The molecule has 0 spiro atoms. The molecular formula is C15H11F2IN2O. The fourth-order valence-corrected chi connectivity index (χ4v) is 2.63. The van der Waals surface area contributed by atoms with Crippen molar-refractivity contribution in [3.63, 3.8) is 0 Å². The van der Waals surface area contributed by atoms with Crippen LogP contribution in [-0.4, -0.2) is 9.55 Å². The molecule has 0 radical (unpaired) electrons. The molecular weight excluding hydrogens is 389 g/mol.